The van der Waals surface area contributed by atoms with Crippen molar-refractivity contribution in [3.8, 4) is 0 Å². The van der Waals surface area contributed by atoms with Gasteiger partial charge in [0, 0.05) is 6.42 Å². The summed E-state index contributed by atoms with van der Waals surface area (Å²) in [7, 11) is 0. The zero-order valence-corrected chi connectivity index (χ0v) is 11.4. The van der Waals surface area contributed by atoms with Crippen molar-refractivity contribution in [1.82, 2.24) is 0 Å². The van der Waals surface area contributed by atoms with Gasteiger partial charge in [-0.1, -0.05) is 27.2 Å². The lowest BCUT2D eigenvalue weighted by Gasteiger charge is -2.42. The highest BCUT2D eigenvalue weighted by molar-refractivity contribution is 5.69. The maximum Gasteiger partial charge on any atom is 0.306 e. The standard InChI is InChI=1S/C14H26O2/c1-6-12(15)16-14(4,5)11-8-7-9-13(2,3)10-11/h11H,6-10H2,1-5H3. The van der Waals surface area contributed by atoms with E-state index in [1.165, 1.54) is 19.3 Å². The number of carbonyl (C=O) groups is 1. The van der Waals surface area contributed by atoms with Crippen LogP contribution >= 0.6 is 0 Å². The molecule has 1 atom stereocenters. The number of esters is 1. The van der Waals surface area contributed by atoms with Crippen LogP contribution in [0.4, 0.5) is 0 Å². The van der Waals surface area contributed by atoms with Gasteiger partial charge in [0.05, 0.1) is 0 Å². The molecular weight excluding hydrogens is 200 g/mol. The molecule has 0 N–H and O–H groups in total. The second kappa shape index (κ2) is 4.77. The molecule has 0 amide bonds. The lowest BCUT2D eigenvalue weighted by Crippen LogP contribution is -2.41. The minimum absolute atomic E-state index is 0.0756. The second-order valence-corrected chi connectivity index (χ2v) is 6.39. The summed E-state index contributed by atoms with van der Waals surface area (Å²) in [6.45, 7) is 10.6. The van der Waals surface area contributed by atoms with Crippen LogP contribution in [0.1, 0.15) is 66.7 Å². The Balaban J connectivity index is 2.64. The molecule has 1 aliphatic rings. The van der Waals surface area contributed by atoms with Crippen LogP contribution in [0.25, 0.3) is 0 Å². The minimum Gasteiger partial charge on any atom is -0.459 e. The molecule has 0 aromatic carbocycles. The van der Waals surface area contributed by atoms with Crippen molar-refractivity contribution in [1.29, 1.82) is 0 Å². The number of carbonyl (C=O) groups excluding carboxylic acids is 1. The van der Waals surface area contributed by atoms with Crippen molar-refractivity contribution in [3.05, 3.63) is 0 Å². The van der Waals surface area contributed by atoms with Gasteiger partial charge in [-0.25, -0.2) is 0 Å². The van der Waals surface area contributed by atoms with E-state index in [2.05, 4.69) is 27.7 Å². The molecule has 1 aliphatic carbocycles. The Morgan fingerprint density at radius 1 is 1.44 bits per heavy atom. The van der Waals surface area contributed by atoms with Gasteiger partial charge in [-0.3, -0.25) is 4.79 Å². The molecule has 0 aromatic rings. The minimum atomic E-state index is -0.301. The van der Waals surface area contributed by atoms with E-state index in [9.17, 15) is 4.79 Å². The van der Waals surface area contributed by atoms with E-state index < -0.39 is 0 Å². The summed E-state index contributed by atoms with van der Waals surface area (Å²) < 4.78 is 5.58. The van der Waals surface area contributed by atoms with Crippen LogP contribution in [0, 0.1) is 11.3 Å². The van der Waals surface area contributed by atoms with E-state index in [0.29, 0.717) is 17.8 Å². The molecule has 1 rings (SSSR count). The predicted molar refractivity (Wildman–Crippen MR) is 66.2 cm³/mol. The van der Waals surface area contributed by atoms with Gasteiger partial charge in [-0.15, -0.1) is 0 Å². The third kappa shape index (κ3) is 3.50. The summed E-state index contributed by atoms with van der Waals surface area (Å²) in [4.78, 5) is 11.4. The van der Waals surface area contributed by atoms with Gasteiger partial charge in [-0.2, -0.15) is 0 Å². The molecule has 0 radical (unpaired) electrons. The highest BCUT2D eigenvalue weighted by Crippen LogP contribution is 2.43. The lowest BCUT2D eigenvalue weighted by molar-refractivity contribution is -0.164. The van der Waals surface area contributed by atoms with Crippen LogP contribution in [-0.4, -0.2) is 11.6 Å². The molecule has 0 spiro atoms. The Bertz CT molecular complexity index is 253. The monoisotopic (exact) mass is 226 g/mol. The van der Waals surface area contributed by atoms with Crippen LogP contribution in [0.3, 0.4) is 0 Å². The van der Waals surface area contributed by atoms with Crippen LogP contribution in [0.15, 0.2) is 0 Å². The molecule has 1 unspecified atom stereocenters. The van der Waals surface area contributed by atoms with E-state index in [1.807, 2.05) is 6.92 Å². The summed E-state index contributed by atoms with van der Waals surface area (Å²) in [6, 6.07) is 0. The van der Waals surface area contributed by atoms with Gasteiger partial charge in [0.1, 0.15) is 5.60 Å². The van der Waals surface area contributed by atoms with Crippen molar-refractivity contribution in [2.24, 2.45) is 11.3 Å². The predicted octanol–water partition coefficient (Wildman–Crippen LogP) is 3.93. The van der Waals surface area contributed by atoms with Crippen LogP contribution in [0.2, 0.25) is 0 Å². The summed E-state index contributed by atoms with van der Waals surface area (Å²) >= 11 is 0. The van der Waals surface area contributed by atoms with Crippen LogP contribution in [0.5, 0.6) is 0 Å². The summed E-state index contributed by atoms with van der Waals surface area (Å²) in [5.41, 5.74) is 0.101. The first kappa shape index (κ1) is 13.5. The van der Waals surface area contributed by atoms with Crippen LogP contribution < -0.4 is 0 Å². The zero-order valence-electron chi connectivity index (χ0n) is 11.4. The number of hydrogen-bond acceptors (Lipinski definition) is 2. The molecule has 0 saturated heterocycles. The normalized spacial score (nSPS) is 25.2. The fourth-order valence-electron chi connectivity index (χ4n) is 2.74. The molecule has 94 valence electrons. The number of ether oxygens (including phenoxy) is 1. The van der Waals surface area contributed by atoms with Crippen molar-refractivity contribution in [2.45, 2.75) is 72.3 Å². The van der Waals surface area contributed by atoms with Gasteiger partial charge in [0.2, 0.25) is 0 Å². The lowest BCUT2D eigenvalue weighted by atomic mass is 9.67. The SMILES string of the molecule is CCC(=O)OC(C)(C)C1CCCC(C)(C)C1. The molecule has 1 fully saturated rings. The highest BCUT2D eigenvalue weighted by Gasteiger charge is 2.39. The molecule has 16 heavy (non-hydrogen) atoms. The Morgan fingerprint density at radius 3 is 2.56 bits per heavy atom. The fourth-order valence-corrected chi connectivity index (χ4v) is 2.74. The maximum atomic E-state index is 11.4. The summed E-state index contributed by atoms with van der Waals surface area (Å²) in [6.07, 6.45) is 5.37. The average Bonchev–Trinajstić information content (AvgIpc) is 2.15. The van der Waals surface area contributed by atoms with E-state index in [0.717, 1.165) is 6.42 Å². The third-order valence-electron chi connectivity index (χ3n) is 3.85. The van der Waals surface area contributed by atoms with Crippen molar-refractivity contribution >= 4 is 5.97 Å². The summed E-state index contributed by atoms with van der Waals surface area (Å²) in [5, 5.41) is 0. The molecule has 0 aliphatic heterocycles. The Hall–Kier alpha value is -0.530. The Morgan fingerprint density at radius 2 is 2.06 bits per heavy atom. The first-order valence-corrected chi connectivity index (χ1v) is 6.49. The van der Waals surface area contributed by atoms with Gasteiger partial charge >= 0.3 is 5.97 Å². The molecule has 1 saturated carbocycles. The highest BCUT2D eigenvalue weighted by atomic mass is 16.6. The second-order valence-electron chi connectivity index (χ2n) is 6.39. The van der Waals surface area contributed by atoms with Gasteiger partial charge in [0.25, 0.3) is 0 Å². The Labute approximate surface area is 99.8 Å². The van der Waals surface area contributed by atoms with Crippen molar-refractivity contribution < 1.29 is 9.53 Å². The van der Waals surface area contributed by atoms with Gasteiger partial charge in [-0.05, 0) is 44.4 Å². The van der Waals surface area contributed by atoms with E-state index in [1.54, 1.807) is 0 Å². The van der Waals surface area contributed by atoms with Gasteiger partial charge < -0.3 is 4.74 Å². The molecular formula is C14H26O2. The van der Waals surface area contributed by atoms with E-state index in [4.69, 9.17) is 4.74 Å². The smallest absolute Gasteiger partial charge is 0.306 e. The topological polar surface area (TPSA) is 26.3 Å². The summed E-state index contributed by atoms with van der Waals surface area (Å²) in [5.74, 6) is 0.431. The first-order chi connectivity index (χ1) is 7.27. The van der Waals surface area contributed by atoms with Crippen molar-refractivity contribution in [3.63, 3.8) is 0 Å². The number of rotatable bonds is 3. The largest absolute Gasteiger partial charge is 0.459 e. The molecule has 0 aromatic heterocycles. The number of hydrogen-bond donors (Lipinski definition) is 0. The van der Waals surface area contributed by atoms with E-state index >= 15 is 0 Å². The quantitative estimate of drug-likeness (QED) is 0.681. The maximum absolute atomic E-state index is 11.4. The Kier molecular flexibility index (Phi) is 4.03. The third-order valence-corrected chi connectivity index (χ3v) is 3.85. The molecule has 0 heterocycles. The molecule has 2 heteroatoms. The molecule has 2 nitrogen and oxygen atoms in total. The molecule has 0 bridgehead atoms. The zero-order chi connectivity index (χ0) is 12.4. The van der Waals surface area contributed by atoms with Gasteiger partial charge in [0.15, 0.2) is 0 Å². The van der Waals surface area contributed by atoms with Crippen LogP contribution in [-0.2, 0) is 9.53 Å². The fraction of sp³-hybridized carbons (Fsp3) is 0.929. The average molecular weight is 226 g/mol. The van der Waals surface area contributed by atoms with E-state index in [-0.39, 0.29) is 11.6 Å². The van der Waals surface area contributed by atoms with Crippen molar-refractivity contribution in [2.75, 3.05) is 0 Å². The first-order valence-electron chi connectivity index (χ1n) is 6.49.